The number of rotatable bonds is 4. The molecule has 1 heterocycles. The first kappa shape index (κ1) is 15.2. The van der Waals surface area contributed by atoms with Crippen molar-refractivity contribution in [2.75, 3.05) is 12.8 Å². The van der Waals surface area contributed by atoms with Gasteiger partial charge in [0.05, 0.1) is 5.02 Å². The van der Waals surface area contributed by atoms with Crippen molar-refractivity contribution >= 4 is 38.6 Å². The molecule has 0 bridgehead atoms. The van der Waals surface area contributed by atoms with Crippen molar-refractivity contribution in [2.45, 2.75) is 11.4 Å². The zero-order chi connectivity index (χ0) is 14.9. The second-order valence-corrected chi connectivity index (χ2v) is 7.41. The summed E-state index contributed by atoms with van der Waals surface area (Å²) in [6.07, 6.45) is 0. The highest BCUT2D eigenvalue weighted by molar-refractivity contribution is 7.89. The third-order valence-corrected chi connectivity index (χ3v) is 5.50. The van der Waals surface area contributed by atoms with Gasteiger partial charge in [-0.1, -0.05) is 11.6 Å². The minimum Gasteiger partial charge on any atom is -0.399 e. The molecule has 0 aliphatic carbocycles. The van der Waals surface area contributed by atoms with Crippen molar-refractivity contribution in [1.82, 2.24) is 4.31 Å². The van der Waals surface area contributed by atoms with Gasteiger partial charge in [-0.15, -0.1) is 0 Å². The Labute approximate surface area is 125 Å². The molecule has 0 spiro atoms. The minimum atomic E-state index is -3.99. The van der Waals surface area contributed by atoms with E-state index in [9.17, 15) is 12.8 Å². The Hall–Kier alpha value is -1.15. The average Bonchev–Trinajstić information content (AvgIpc) is 2.86. The second kappa shape index (κ2) is 5.69. The zero-order valence-corrected chi connectivity index (χ0v) is 12.9. The third-order valence-electron chi connectivity index (χ3n) is 2.69. The Bertz CT molecular complexity index is 717. The standard InChI is InChI=1S/C12H12ClFN2O2S2/c1-16(6-8-2-3-19-7-8)20(17,18)11-5-9(15)4-10(13)12(11)14/h2-5,7H,6,15H2,1H3. The molecule has 0 saturated heterocycles. The smallest absolute Gasteiger partial charge is 0.246 e. The monoisotopic (exact) mass is 334 g/mol. The van der Waals surface area contributed by atoms with Gasteiger partial charge in [-0.05, 0) is 34.5 Å². The van der Waals surface area contributed by atoms with E-state index in [2.05, 4.69) is 0 Å². The summed E-state index contributed by atoms with van der Waals surface area (Å²) < 4.78 is 39.7. The Morgan fingerprint density at radius 3 is 2.75 bits per heavy atom. The van der Waals surface area contributed by atoms with Crippen LogP contribution >= 0.6 is 22.9 Å². The highest BCUT2D eigenvalue weighted by Crippen LogP contribution is 2.28. The maximum absolute atomic E-state index is 13.9. The first-order valence-electron chi connectivity index (χ1n) is 5.54. The van der Waals surface area contributed by atoms with Gasteiger partial charge >= 0.3 is 0 Å². The first-order valence-corrected chi connectivity index (χ1v) is 8.30. The highest BCUT2D eigenvalue weighted by atomic mass is 35.5. The molecule has 2 aromatic rings. The van der Waals surface area contributed by atoms with Crippen molar-refractivity contribution in [3.8, 4) is 0 Å². The summed E-state index contributed by atoms with van der Waals surface area (Å²) >= 11 is 7.10. The second-order valence-electron chi connectivity index (χ2n) is 4.21. The summed E-state index contributed by atoms with van der Waals surface area (Å²) in [6, 6.07) is 4.05. The topological polar surface area (TPSA) is 63.4 Å². The predicted molar refractivity (Wildman–Crippen MR) is 78.8 cm³/mol. The molecule has 0 amide bonds. The predicted octanol–water partition coefficient (Wildman–Crippen LogP) is 2.94. The van der Waals surface area contributed by atoms with Gasteiger partial charge in [0.25, 0.3) is 0 Å². The number of nitrogens with two attached hydrogens (primary N) is 1. The number of nitrogens with zero attached hydrogens (tertiary/aromatic N) is 1. The van der Waals surface area contributed by atoms with E-state index in [1.54, 1.807) is 6.07 Å². The summed E-state index contributed by atoms with van der Waals surface area (Å²) in [5, 5.41) is 3.36. The summed E-state index contributed by atoms with van der Waals surface area (Å²) in [4.78, 5) is -0.514. The maximum Gasteiger partial charge on any atom is 0.246 e. The van der Waals surface area contributed by atoms with Gasteiger partial charge in [-0.3, -0.25) is 0 Å². The molecule has 0 aliphatic heterocycles. The van der Waals surface area contributed by atoms with Crippen LogP contribution in [0.25, 0.3) is 0 Å². The van der Waals surface area contributed by atoms with E-state index < -0.39 is 20.7 Å². The SMILES string of the molecule is CN(Cc1ccsc1)S(=O)(=O)c1cc(N)cc(Cl)c1F. The van der Waals surface area contributed by atoms with Crippen molar-refractivity contribution in [3.63, 3.8) is 0 Å². The molecule has 1 aromatic heterocycles. The number of thiophene rings is 1. The van der Waals surface area contributed by atoms with E-state index in [1.807, 2.05) is 10.8 Å². The normalized spacial score (nSPS) is 12.0. The van der Waals surface area contributed by atoms with E-state index in [4.69, 9.17) is 17.3 Å². The van der Waals surface area contributed by atoms with Crippen LogP contribution < -0.4 is 5.73 Å². The quantitative estimate of drug-likeness (QED) is 0.874. The maximum atomic E-state index is 13.9. The molecule has 20 heavy (non-hydrogen) atoms. The lowest BCUT2D eigenvalue weighted by Crippen LogP contribution is -2.27. The fourth-order valence-corrected chi connectivity index (χ4v) is 3.88. The number of halogens is 2. The van der Waals surface area contributed by atoms with Gasteiger partial charge in [-0.25, -0.2) is 12.8 Å². The van der Waals surface area contributed by atoms with Crippen molar-refractivity contribution in [1.29, 1.82) is 0 Å². The summed E-state index contributed by atoms with van der Waals surface area (Å²) in [7, 11) is -2.61. The van der Waals surface area contributed by atoms with E-state index in [-0.39, 0.29) is 17.3 Å². The largest absolute Gasteiger partial charge is 0.399 e. The number of hydrogen-bond donors (Lipinski definition) is 1. The van der Waals surface area contributed by atoms with Crippen molar-refractivity contribution in [3.05, 3.63) is 45.4 Å². The summed E-state index contributed by atoms with van der Waals surface area (Å²) in [5.41, 5.74) is 6.46. The molecule has 4 nitrogen and oxygen atoms in total. The van der Waals surface area contributed by atoms with E-state index in [1.165, 1.54) is 24.5 Å². The van der Waals surface area contributed by atoms with Crippen molar-refractivity contribution < 1.29 is 12.8 Å². The van der Waals surface area contributed by atoms with Gasteiger partial charge in [0.1, 0.15) is 4.90 Å². The first-order chi connectivity index (χ1) is 9.32. The van der Waals surface area contributed by atoms with Crippen LogP contribution in [0.4, 0.5) is 10.1 Å². The molecule has 1 aromatic carbocycles. The van der Waals surface area contributed by atoms with Crippen LogP contribution in [0, 0.1) is 5.82 Å². The Balaban J connectivity index is 2.40. The molecule has 8 heteroatoms. The van der Waals surface area contributed by atoms with Gasteiger partial charge in [0.15, 0.2) is 5.82 Å². The summed E-state index contributed by atoms with van der Waals surface area (Å²) in [5.74, 6) is -0.988. The summed E-state index contributed by atoms with van der Waals surface area (Å²) in [6.45, 7) is 0.150. The average molecular weight is 335 g/mol. The molecule has 0 atom stereocenters. The van der Waals surface area contributed by atoms with Gasteiger partial charge in [0, 0.05) is 19.3 Å². The van der Waals surface area contributed by atoms with E-state index >= 15 is 0 Å². The number of anilines is 1. The van der Waals surface area contributed by atoms with Gasteiger partial charge in [-0.2, -0.15) is 15.6 Å². The number of benzene rings is 1. The molecule has 2 N–H and O–H groups in total. The number of nitrogen functional groups attached to an aromatic ring is 1. The fraction of sp³-hybridized carbons (Fsp3) is 0.167. The highest BCUT2D eigenvalue weighted by Gasteiger charge is 2.26. The molecular weight excluding hydrogens is 323 g/mol. The van der Waals surface area contributed by atoms with Crippen LogP contribution in [-0.2, 0) is 16.6 Å². The Kier molecular flexibility index (Phi) is 4.33. The minimum absolute atomic E-state index is 0.0962. The lowest BCUT2D eigenvalue weighted by molar-refractivity contribution is 0.460. The Morgan fingerprint density at radius 2 is 2.15 bits per heavy atom. The van der Waals surface area contributed by atoms with Gasteiger partial charge < -0.3 is 5.73 Å². The van der Waals surface area contributed by atoms with E-state index in [0.717, 1.165) is 15.9 Å². The molecule has 108 valence electrons. The van der Waals surface area contributed by atoms with E-state index in [0.29, 0.717) is 0 Å². The lowest BCUT2D eigenvalue weighted by Gasteiger charge is -2.17. The van der Waals surface area contributed by atoms with Crippen LogP contribution in [0.3, 0.4) is 0 Å². The van der Waals surface area contributed by atoms with Crippen LogP contribution in [0.2, 0.25) is 5.02 Å². The molecule has 0 radical (unpaired) electrons. The van der Waals surface area contributed by atoms with Crippen LogP contribution in [-0.4, -0.2) is 19.8 Å². The Morgan fingerprint density at radius 1 is 1.45 bits per heavy atom. The van der Waals surface area contributed by atoms with Crippen LogP contribution in [0.5, 0.6) is 0 Å². The van der Waals surface area contributed by atoms with Gasteiger partial charge in [0.2, 0.25) is 10.0 Å². The molecular formula is C12H12ClFN2O2S2. The molecule has 0 aliphatic rings. The fourth-order valence-electron chi connectivity index (χ4n) is 1.66. The van der Waals surface area contributed by atoms with Crippen LogP contribution in [0.1, 0.15) is 5.56 Å². The lowest BCUT2D eigenvalue weighted by atomic mass is 10.3. The number of hydrogen-bond acceptors (Lipinski definition) is 4. The molecule has 2 rings (SSSR count). The van der Waals surface area contributed by atoms with Crippen LogP contribution in [0.15, 0.2) is 33.9 Å². The molecule has 0 saturated carbocycles. The molecule has 0 fully saturated rings. The third kappa shape index (κ3) is 2.95. The number of sulfonamides is 1. The zero-order valence-electron chi connectivity index (χ0n) is 10.5. The molecule has 0 unspecified atom stereocenters. The van der Waals surface area contributed by atoms with Crippen molar-refractivity contribution in [2.24, 2.45) is 0 Å².